The molecule has 1 heterocycles. The molecule has 1 saturated carbocycles. The molecule has 2 rings (SSSR count). The van der Waals surface area contributed by atoms with Crippen molar-refractivity contribution < 1.29 is 9.84 Å². The maximum absolute atomic E-state index is 9.28. The van der Waals surface area contributed by atoms with Gasteiger partial charge in [-0.1, -0.05) is 13.8 Å². The monoisotopic (exact) mass is 184 g/mol. The van der Waals surface area contributed by atoms with Crippen LogP contribution in [0.1, 0.15) is 33.6 Å². The molecule has 0 aromatic heterocycles. The van der Waals surface area contributed by atoms with Gasteiger partial charge in [-0.15, -0.1) is 0 Å². The minimum atomic E-state index is 0.0947. The van der Waals surface area contributed by atoms with Crippen molar-refractivity contribution in [1.29, 1.82) is 0 Å². The summed E-state index contributed by atoms with van der Waals surface area (Å²) in [7, 11) is 0. The molecule has 1 aliphatic carbocycles. The summed E-state index contributed by atoms with van der Waals surface area (Å²) in [6.07, 6.45) is 2.50. The topological polar surface area (TPSA) is 29.5 Å². The van der Waals surface area contributed by atoms with E-state index in [2.05, 4.69) is 20.8 Å². The summed E-state index contributed by atoms with van der Waals surface area (Å²) in [5.41, 5.74) is 0.0947. The van der Waals surface area contributed by atoms with Gasteiger partial charge in [0.15, 0.2) is 0 Å². The van der Waals surface area contributed by atoms with E-state index in [-0.39, 0.29) is 5.60 Å². The van der Waals surface area contributed by atoms with Crippen molar-refractivity contribution in [3.05, 3.63) is 0 Å². The van der Waals surface area contributed by atoms with E-state index in [1.54, 1.807) is 0 Å². The second-order valence-corrected chi connectivity index (χ2v) is 4.75. The Labute approximate surface area is 80.3 Å². The maximum Gasteiger partial charge on any atom is 0.0716 e. The van der Waals surface area contributed by atoms with Gasteiger partial charge < -0.3 is 9.84 Å². The molecule has 0 aromatic rings. The van der Waals surface area contributed by atoms with Crippen molar-refractivity contribution in [2.24, 2.45) is 17.8 Å². The first-order chi connectivity index (χ1) is 6.14. The lowest BCUT2D eigenvalue weighted by atomic mass is 9.86. The van der Waals surface area contributed by atoms with Crippen molar-refractivity contribution in [1.82, 2.24) is 0 Å². The second-order valence-electron chi connectivity index (χ2n) is 4.75. The minimum Gasteiger partial charge on any atom is -0.396 e. The van der Waals surface area contributed by atoms with Gasteiger partial charge in [0.1, 0.15) is 0 Å². The van der Waals surface area contributed by atoms with Gasteiger partial charge in [-0.2, -0.15) is 0 Å². The van der Waals surface area contributed by atoms with Crippen LogP contribution in [0, 0.1) is 17.8 Å². The van der Waals surface area contributed by atoms with Crippen LogP contribution in [0.15, 0.2) is 0 Å². The van der Waals surface area contributed by atoms with E-state index in [1.807, 2.05) is 0 Å². The molecule has 1 unspecified atom stereocenters. The van der Waals surface area contributed by atoms with Crippen molar-refractivity contribution in [2.75, 3.05) is 6.61 Å². The van der Waals surface area contributed by atoms with E-state index >= 15 is 0 Å². The van der Waals surface area contributed by atoms with Crippen LogP contribution in [0.25, 0.3) is 0 Å². The molecular formula is C11H20O2. The highest BCUT2D eigenvalue weighted by Gasteiger charge is 2.59. The fourth-order valence-corrected chi connectivity index (χ4v) is 3.65. The fraction of sp³-hybridized carbons (Fsp3) is 1.00. The normalized spacial score (nSPS) is 54.5. The zero-order valence-electron chi connectivity index (χ0n) is 8.79. The highest BCUT2D eigenvalue weighted by molar-refractivity contribution is 5.07. The zero-order valence-corrected chi connectivity index (χ0v) is 8.79. The highest BCUT2D eigenvalue weighted by atomic mass is 16.5. The summed E-state index contributed by atoms with van der Waals surface area (Å²) < 4.78 is 6.03. The number of ether oxygens (including phenoxy) is 1. The second kappa shape index (κ2) is 2.96. The predicted octanol–water partition coefficient (Wildman–Crippen LogP) is 1.82. The van der Waals surface area contributed by atoms with Gasteiger partial charge in [-0.25, -0.2) is 0 Å². The third kappa shape index (κ3) is 1.08. The number of fused-ring (bicyclic) bond motifs is 2. The van der Waals surface area contributed by atoms with Crippen LogP contribution >= 0.6 is 0 Å². The van der Waals surface area contributed by atoms with Gasteiger partial charge in [0, 0.05) is 6.61 Å². The third-order valence-corrected chi connectivity index (χ3v) is 4.35. The molecule has 1 saturated heterocycles. The first-order valence-corrected chi connectivity index (χ1v) is 5.43. The largest absolute Gasteiger partial charge is 0.396 e. The first kappa shape index (κ1) is 9.47. The summed E-state index contributed by atoms with van der Waals surface area (Å²) >= 11 is 0. The number of aliphatic hydroxyl groups is 1. The Morgan fingerprint density at radius 1 is 1.46 bits per heavy atom. The smallest absolute Gasteiger partial charge is 0.0716 e. The third-order valence-electron chi connectivity index (χ3n) is 4.35. The fourth-order valence-electron chi connectivity index (χ4n) is 3.65. The van der Waals surface area contributed by atoms with Gasteiger partial charge in [-0.3, -0.25) is 0 Å². The molecule has 0 spiro atoms. The Hall–Kier alpha value is -0.0800. The molecular weight excluding hydrogens is 164 g/mol. The van der Waals surface area contributed by atoms with Crippen LogP contribution < -0.4 is 0 Å². The van der Waals surface area contributed by atoms with E-state index in [9.17, 15) is 5.11 Å². The minimum absolute atomic E-state index is 0.0947. The molecule has 2 aliphatic rings. The standard InChI is InChI=1S/C11H20O2/c1-4-11-5-9(6-12)10(7(11)2)8(3)13-11/h7-10,12H,4-6H2,1-3H3/t7-,8+,9?,10+,11-/m1/s1. The van der Waals surface area contributed by atoms with Gasteiger partial charge in [0.2, 0.25) is 0 Å². The van der Waals surface area contributed by atoms with Crippen molar-refractivity contribution in [3.63, 3.8) is 0 Å². The van der Waals surface area contributed by atoms with E-state index < -0.39 is 0 Å². The average Bonchev–Trinajstić information content (AvgIpc) is 2.53. The summed E-state index contributed by atoms with van der Waals surface area (Å²) in [6, 6.07) is 0. The summed E-state index contributed by atoms with van der Waals surface area (Å²) in [5, 5.41) is 9.28. The molecule has 2 heteroatoms. The summed E-state index contributed by atoms with van der Waals surface area (Å²) in [6.45, 7) is 6.98. The van der Waals surface area contributed by atoms with E-state index in [4.69, 9.17) is 4.74 Å². The lowest BCUT2D eigenvalue weighted by Gasteiger charge is -2.33. The van der Waals surface area contributed by atoms with Crippen LogP contribution in [0.4, 0.5) is 0 Å². The maximum atomic E-state index is 9.28. The molecule has 1 N–H and O–H groups in total. The lowest BCUT2D eigenvalue weighted by Crippen LogP contribution is -2.35. The number of hydrogen-bond acceptors (Lipinski definition) is 2. The van der Waals surface area contributed by atoms with Crippen LogP contribution in [0.3, 0.4) is 0 Å². The number of hydrogen-bond donors (Lipinski definition) is 1. The number of rotatable bonds is 2. The average molecular weight is 184 g/mol. The van der Waals surface area contributed by atoms with Gasteiger partial charge >= 0.3 is 0 Å². The molecule has 0 aromatic carbocycles. The molecule has 2 bridgehead atoms. The van der Waals surface area contributed by atoms with Gasteiger partial charge in [0.25, 0.3) is 0 Å². The van der Waals surface area contributed by atoms with Crippen molar-refractivity contribution in [2.45, 2.75) is 45.3 Å². The van der Waals surface area contributed by atoms with Crippen LogP contribution in [0.2, 0.25) is 0 Å². The molecule has 1 aliphatic heterocycles. The van der Waals surface area contributed by atoms with Crippen molar-refractivity contribution in [3.8, 4) is 0 Å². The van der Waals surface area contributed by atoms with Gasteiger partial charge in [-0.05, 0) is 37.5 Å². The Balaban J connectivity index is 2.24. The first-order valence-electron chi connectivity index (χ1n) is 5.43. The Morgan fingerprint density at radius 3 is 2.54 bits per heavy atom. The van der Waals surface area contributed by atoms with Crippen LogP contribution in [-0.4, -0.2) is 23.4 Å². The lowest BCUT2D eigenvalue weighted by molar-refractivity contribution is -0.0918. The Morgan fingerprint density at radius 2 is 2.15 bits per heavy atom. The molecule has 76 valence electrons. The molecule has 2 nitrogen and oxygen atoms in total. The van der Waals surface area contributed by atoms with Gasteiger partial charge in [0.05, 0.1) is 11.7 Å². The van der Waals surface area contributed by atoms with Crippen molar-refractivity contribution >= 4 is 0 Å². The zero-order chi connectivity index (χ0) is 9.64. The Kier molecular flexibility index (Phi) is 2.16. The summed E-state index contributed by atoms with van der Waals surface area (Å²) in [5.74, 6) is 1.70. The number of aliphatic hydroxyl groups excluding tert-OH is 1. The van der Waals surface area contributed by atoms with Crippen LogP contribution in [-0.2, 0) is 4.74 Å². The molecule has 5 atom stereocenters. The SMILES string of the molecule is CC[C@]12CC(CO)[C@H]([C@H](C)O1)[C@H]2C. The van der Waals surface area contributed by atoms with E-state index in [0.29, 0.717) is 30.5 Å². The van der Waals surface area contributed by atoms with E-state index in [0.717, 1.165) is 12.8 Å². The molecule has 13 heavy (non-hydrogen) atoms. The summed E-state index contributed by atoms with van der Waals surface area (Å²) in [4.78, 5) is 0. The quantitative estimate of drug-likeness (QED) is 0.709. The Bertz CT molecular complexity index is 204. The van der Waals surface area contributed by atoms with E-state index in [1.165, 1.54) is 0 Å². The predicted molar refractivity (Wildman–Crippen MR) is 51.4 cm³/mol. The highest BCUT2D eigenvalue weighted by Crippen LogP contribution is 2.56. The molecule has 0 amide bonds. The molecule has 0 radical (unpaired) electrons. The molecule has 2 fully saturated rings. The van der Waals surface area contributed by atoms with Crippen LogP contribution in [0.5, 0.6) is 0 Å².